The highest BCUT2D eigenvalue weighted by molar-refractivity contribution is 5.76. The van der Waals surface area contributed by atoms with Gasteiger partial charge in [0.15, 0.2) is 0 Å². The van der Waals surface area contributed by atoms with E-state index in [1.807, 2.05) is 0 Å². The molecule has 0 saturated carbocycles. The molecule has 1 N–H and O–H groups in total. The molecule has 4 nitrogen and oxygen atoms in total. The van der Waals surface area contributed by atoms with Crippen molar-refractivity contribution in [2.45, 2.75) is 19.8 Å². The minimum absolute atomic E-state index is 0.0243. The van der Waals surface area contributed by atoms with Crippen molar-refractivity contribution < 1.29 is 14.7 Å². The van der Waals surface area contributed by atoms with Gasteiger partial charge in [-0.25, -0.2) is 0 Å². The SMILES string of the molecule is C[C@@H](CC(=O)O)CC(=O)N(C)C. The zero-order valence-electron chi connectivity index (χ0n) is 7.70. The normalized spacial score (nSPS) is 12.2. The van der Waals surface area contributed by atoms with Gasteiger partial charge in [0.05, 0.1) is 0 Å². The fourth-order valence-electron chi connectivity index (χ4n) is 0.851. The number of aliphatic carboxylic acids is 1. The molecule has 0 aromatic carbocycles. The van der Waals surface area contributed by atoms with Crippen molar-refractivity contribution in [3.8, 4) is 0 Å². The van der Waals surface area contributed by atoms with Crippen LogP contribution in [0.3, 0.4) is 0 Å². The van der Waals surface area contributed by atoms with Gasteiger partial charge in [0.1, 0.15) is 0 Å². The Morgan fingerprint density at radius 1 is 1.33 bits per heavy atom. The maximum absolute atomic E-state index is 11.1. The van der Waals surface area contributed by atoms with E-state index in [1.165, 1.54) is 4.90 Å². The first-order chi connectivity index (χ1) is 5.43. The molecule has 1 atom stereocenters. The van der Waals surface area contributed by atoms with E-state index in [2.05, 4.69) is 0 Å². The van der Waals surface area contributed by atoms with Crippen molar-refractivity contribution in [3.05, 3.63) is 0 Å². The van der Waals surface area contributed by atoms with Crippen LogP contribution in [0.4, 0.5) is 0 Å². The third-order valence-corrected chi connectivity index (χ3v) is 1.54. The monoisotopic (exact) mass is 173 g/mol. The van der Waals surface area contributed by atoms with E-state index in [4.69, 9.17) is 5.11 Å². The van der Waals surface area contributed by atoms with Gasteiger partial charge in [-0.2, -0.15) is 0 Å². The zero-order chi connectivity index (χ0) is 9.72. The number of rotatable bonds is 4. The van der Waals surface area contributed by atoms with Gasteiger partial charge in [-0.3, -0.25) is 9.59 Å². The Labute approximate surface area is 72.2 Å². The summed E-state index contributed by atoms with van der Waals surface area (Å²) in [7, 11) is 3.33. The van der Waals surface area contributed by atoms with Crippen LogP contribution < -0.4 is 0 Å². The molecule has 0 aliphatic heterocycles. The van der Waals surface area contributed by atoms with Crippen molar-refractivity contribution in [1.29, 1.82) is 0 Å². The van der Waals surface area contributed by atoms with Gasteiger partial charge < -0.3 is 10.0 Å². The molecule has 0 aliphatic rings. The fourth-order valence-corrected chi connectivity index (χ4v) is 0.851. The lowest BCUT2D eigenvalue weighted by molar-refractivity contribution is -0.138. The first-order valence-corrected chi connectivity index (χ1v) is 3.85. The molecule has 1 amide bonds. The summed E-state index contributed by atoms with van der Waals surface area (Å²) < 4.78 is 0. The summed E-state index contributed by atoms with van der Waals surface area (Å²) >= 11 is 0. The molecule has 0 saturated heterocycles. The average Bonchev–Trinajstić information content (AvgIpc) is 1.84. The molecule has 0 fully saturated rings. The average molecular weight is 173 g/mol. The molecule has 0 aliphatic carbocycles. The Morgan fingerprint density at radius 3 is 2.17 bits per heavy atom. The Morgan fingerprint density at radius 2 is 1.83 bits per heavy atom. The van der Waals surface area contributed by atoms with E-state index < -0.39 is 5.97 Å². The Bertz CT molecular complexity index is 177. The van der Waals surface area contributed by atoms with Crippen LogP contribution in [-0.2, 0) is 9.59 Å². The minimum atomic E-state index is -0.853. The summed E-state index contributed by atoms with van der Waals surface area (Å²) in [6.07, 6.45) is 0.360. The Balaban J connectivity index is 3.76. The van der Waals surface area contributed by atoms with Crippen LogP contribution in [0.5, 0.6) is 0 Å². The highest BCUT2D eigenvalue weighted by Gasteiger charge is 2.13. The number of hydrogen-bond acceptors (Lipinski definition) is 2. The molecule has 4 heteroatoms. The van der Waals surface area contributed by atoms with Crippen LogP contribution in [0.15, 0.2) is 0 Å². The third kappa shape index (κ3) is 4.71. The molecule has 0 bridgehead atoms. The van der Waals surface area contributed by atoms with Crippen molar-refractivity contribution in [3.63, 3.8) is 0 Å². The minimum Gasteiger partial charge on any atom is -0.481 e. The summed E-state index contributed by atoms with van der Waals surface area (Å²) in [4.78, 5) is 22.8. The molecule has 0 spiro atoms. The van der Waals surface area contributed by atoms with Gasteiger partial charge in [0.25, 0.3) is 0 Å². The van der Waals surface area contributed by atoms with E-state index in [0.29, 0.717) is 6.42 Å². The van der Waals surface area contributed by atoms with Crippen LogP contribution in [0.2, 0.25) is 0 Å². The van der Waals surface area contributed by atoms with Gasteiger partial charge in [-0.15, -0.1) is 0 Å². The van der Waals surface area contributed by atoms with E-state index in [0.717, 1.165) is 0 Å². The molecule has 70 valence electrons. The van der Waals surface area contributed by atoms with Crippen molar-refractivity contribution >= 4 is 11.9 Å². The molecule has 0 unspecified atom stereocenters. The molecule has 0 rings (SSSR count). The van der Waals surface area contributed by atoms with Crippen molar-refractivity contribution in [1.82, 2.24) is 4.90 Å². The number of amides is 1. The number of nitrogens with zero attached hydrogens (tertiary/aromatic N) is 1. The Hall–Kier alpha value is -1.06. The lowest BCUT2D eigenvalue weighted by atomic mass is 10.0. The van der Waals surface area contributed by atoms with Crippen LogP contribution in [0.25, 0.3) is 0 Å². The van der Waals surface area contributed by atoms with Crippen LogP contribution in [0, 0.1) is 5.92 Å². The molecular weight excluding hydrogens is 158 g/mol. The second kappa shape index (κ2) is 4.74. The topological polar surface area (TPSA) is 57.6 Å². The zero-order valence-corrected chi connectivity index (χ0v) is 7.70. The van der Waals surface area contributed by atoms with E-state index >= 15 is 0 Å². The maximum atomic E-state index is 11.1. The number of hydrogen-bond donors (Lipinski definition) is 1. The van der Waals surface area contributed by atoms with Gasteiger partial charge >= 0.3 is 5.97 Å². The predicted molar refractivity (Wildman–Crippen MR) is 44.7 cm³/mol. The largest absolute Gasteiger partial charge is 0.481 e. The number of carboxylic acids is 1. The van der Waals surface area contributed by atoms with Crippen LogP contribution in [-0.4, -0.2) is 36.0 Å². The molecule has 12 heavy (non-hydrogen) atoms. The lowest BCUT2D eigenvalue weighted by Crippen LogP contribution is -2.24. The van der Waals surface area contributed by atoms with Gasteiger partial charge in [0, 0.05) is 26.9 Å². The van der Waals surface area contributed by atoms with E-state index in [9.17, 15) is 9.59 Å². The summed E-state index contributed by atoms with van der Waals surface area (Å²) in [5.41, 5.74) is 0. The first kappa shape index (κ1) is 10.9. The van der Waals surface area contributed by atoms with Gasteiger partial charge in [-0.1, -0.05) is 6.92 Å². The predicted octanol–water partition coefficient (Wildman–Crippen LogP) is 0.575. The Kier molecular flexibility index (Phi) is 4.33. The molecule has 0 radical (unpaired) electrons. The standard InChI is InChI=1S/C8H15NO3/c1-6(5-8(11)12)4-7(10)9(2)3/h6H,4-5H2,1-3H3,(H,11,12)/t6-/m1/s1. The number of carboxylic acid groups (broad SMARTS) is 1. The highest BCUT2D eigenvalue weighted by atomic mass is 16.4. The quantitative estimate of drug-likeness (QED) is 0.676. The van der Waals surface area contributed by atoms with Gasteiger partial charge in [0.2, 0.25) is 5.91 Å². The smallest absolute Gasteiger partial charge is 0.303 e. The molecule has 0 aromatic heterocycles. The second-order valence-electron chi connectivity index (χ2n) is 3.20. The van der Waals surface area contributed by atoms with Crippen molar-refractivity contribution in [2.75, 3.05) is 14.1 Å². The number of carbonyl (C=O) groups is 2. The van der Waals surface area contributed by atoms with Gasteiger partial charge in [-0.05, 0) is 5.92 Å². The fraction of sp³-hybridized carbons (Fsp3) is 0.750. The summed E-state index contributed by atoms with van der Waals surface area (Å²) in [6.45, 7) is 1.76. The lowest BCUT2D eigenvalue weighted by Gasteiger charge is -2.13. The second-order valence-corrected chi connectivity index (χ2v) is 3.20. The molecular formula is C8H15NO3. The third-order valence-electron chi connectivity index (χ3n) is 1.54. The van der Waals surface area contributed by atoms with E-state index in [-0.39, 0.29) is 18.2 Å². The highest BCUT2D eigenvalue weighted by Crippen LogP contribution is 2.08. The van der Waals surface area contributed by atoms with Crippen LogP contribution >= 0.6 is 0 Å². The molecule has 0 aromatic rings. The molecule has 0 heterocycles. The van der Waals surface area contributed by atoms with Crippen LogP contribution in [0.1, 0.15) is 19.8 Å². The van der Waals surface area contributed by atoms with E-state index in [1.54, 1.807) is 21.0 Å². The number of carbonyl (C=O) groups excluding carboxylic acids is 1. The summed E-state index contributed by atoms with van der Waals surface area (Å²) in [5.74, 6) is -0.963. The maximum Gasteiger partial charge on any atom is 0.303 e. The van der Waals surface area contributed by atoms with Crippen molar-refractivity contribution in [2.24, 2.45) is 5.92 Å². The first-order valence-electron chi connectivity index (χ1n) is 3.85. The summed E-state index contributed by atoms with van der Waals surface area (Å²) in [5, 5.41) is 8.41. The summed E-state index contributed by atoms with van der Waals surface area (Å²) in [6, 6.07) is 0.